The Morgan fingerprint density at radius 1 is 1.14 bits per heavy atom. The molecule has 0 unspecified atom stereocenters. The summed E-state index contributed by atoms with van der Waals surface area (Å²) >= 11 is 0. The number of aryl methyl sites for hydroxylation is 2. The van der Waals surface area contributed by atoms with E-state index in [9.17, 15) is 9.59 Å². The van der Waals surface area contributed by atoms with Crippen LogP contribution in [-0.4, -0.2) is 22.0 Å². The predicted molar refractivity (Wildman–Crippen MR) is 79.4 cm³/mol. The summed E-state index contributed by atoms with van der Waals surface area (Å²) in [5, 5.41) is 11.5. The highest BCUT2D eigenvalue weighted by Crippen LogP contribution is 2.12. The molecule has 2 aromatic rings. The Morgan fingerprint density at radius 3 is 2.57 bits per heavy atom. The molecular weight excluding hydrogens is 268 g/mol. The molecule has 0 saturated carbocycles. The maximum atomic E-state index is 12.0. The summed E-state index contributed by atoms with van der Waals surface area (Å²) in [6.07, 6.45) is 2.89. The van der Waals surface area contributed by atoms with E-state index in [1.165, 1.54) is 24.0 Å². The van der Waals surface area contributed by atoms with Gasteiger partial charge in [0.2, 0.25) is 5.91 Å². The molecule has 0 bridgehead atoms. The van der Waals surface area contributed by atoms with Crippen molar-refractivity contribution in [2.45, 2.75) is 20.3 Å². The molecular formula is C16H16N2O3. The topological polar surface area (TPSA) is 79.3 Å². The van der Waals surface area contributed by atoms with E-state index in [1.807, 2.05) is 32.0 Å². The summed E-state index contributed by atoms with van der Waals surface area (Å²) < 4.78 is 0. The van der Waals surface area contributed by atoms with Gasteiger partial charge in [0.25, 0.3) is 0 Å². The van der Waals surface area contributed by atoms with Crippen LogP contribution in [0.25, 0.3) is 0 Å². The van der Waals surface area contributed by atoms with Gasteiger partial charge in [-0.3, -0.25) is 9.78 Å². The van der Waals surface area contributed by atoms with Gasteiger partial charge in [-0.1, -0.05) is 18.2 Å². The van der Waals surface area contributed by atoms with E-state index in [2.05, 4.69) is 10.3 Å². The number of carbonyl (C=O) groups is 2. The van der Waals surface area contributed by atoms with Crippen molar-refractivity contribution >= 4 is 17.6 Å². The van der Waals surface area contributed by atoms with Crippen LogP contribution in [0, 0.1) is 13.8 Å². The Morgan fingerprint density at radius 2 is 1.90 bits per heavy atom. The standard InChI is InChI=1S/C16H16N2O3/c1-10-3-4-12(5-11(10)2)6-15(19)18-14-7-13(16(20)21)8-17-9-14/h3-5,7-9H,6H2,1-2H3,(H,18,19)(H,20,21). The quantitative estimate of drug-likeness (QED) is 0.904. The number of nitrogens with zero attached hydrogens (tertiary/aromatic N) is 1. The Bertz CT molecular complexity index is 696. The largest absolute Gasteiger partial charge is 0.478 e. The summed E-state index contributed by atoms with van der Waals surface area (Å²) in [5.41, 5.74) is 3.65. The van der Waals surface area contributed by atoms with Gasteiger partial charge in [-0.25, -0.2) is 4.79 Å². The molecule has 2 rings (SSSR count). The molecule has 108 valence electrons. The lowest BCUT2D eigenvalue weighted by Crippen LogP contribution is -2.15. The number of hydrogen-bond acceptors (Lipinski definition) is 3. The minimum atomic E-state index is -1.08. The van der Waals surface area contributed by atoms with Crippen LogP contribution in [0.15, 0.2) is 36.7 Å². The number of carboxylic acids is 1. The van der Waals surface area contributed by atoms with Crippen LogP contribution < -0.4 is 5.32 Å². The van der Waals surface area contributed by atoms with Crippen molar-refractivity contribution in [1.29, 1.82) is 0 Å². The molecule has 0 aliphatic heterocycles. The third-order valence-electron chi connectivity index (χ3n) is 3.20. The van der Waals surface area contributed by atoms with E-state index in [0.29, 0.717) is 5.69 Å². The molecule has 0 aliphatic carbocycles. The number of anilines is 1. The van der Waals surface area contributed by atoms with Crippen molar-refractivity contribution in [2.24, 2.45) is 0 Å². The summed E-state index contributed by atoms with van der Waals surface area (Å²) in [6, 6.07) is 7.24. The van der Waals surface area contributed by atoms with Crippen LogP contribution in [0.2, 0.25) is 0 Å². The zero-order valence-electron chi connectivity index (χ0n) is 11.9. The molecule has 0 fully saturated rings. The molecule has 0 atom stereocenters. The van der Waals surface area contributed by atoms with Gasteiger partial charge in [-0.2, -0.15) is 0 Å². The second-order valence-corrected chi connectivity index (χ2v) is 4.91. The lowest BCUT2D eigenvalue weighted by atomic mass is 10.0. The Hall–Kier alpha value is -2.69. The van der Waals surface area contributed by atoms with E-state index < -0.39 is 5.97 Å². The molecule has 1 aromatic heterocycles. The zero-order chi connectivity index (χ0) is 15.4. The molecule has 0 saturated heterocycles. The molecule has 1 amide bonds. The van der Waals surface area contributed by atoms with Gasteiger partial charge in [-0.05, 0) is 36.6 Å². The first-order valence-electron chi connectivity index (χ1n) is 6.50. The number of benzene rings is 1. The number of rotatable bonds is 4. The number of pyridine rings is 1. The van der Waals surface area contributed by atoms with Gasteiger partial charge in [0.1, 0.15) is 0 Å². The van der Waals surface area contributed by atoms with Crippen LogP contribution in [-0.2, 0) is 11.2 Å². The molecule has 5 heteroatoms. The summed E-state index contributed by atoms with van der Waals surface area (Å²) in [7, 11) is 0. The van der Waals surface area contributed by atoms with Crippen molar-refractivity contribution in [3.05, 3.63) is 58.9 Å². The molecule has 0 aliphatic rings. The third-order valence-corrected chi connectivity index (χ3v) is 3.20. The summed E-state index contributed by atoms with van der Waals surface area (Å²) in [5.74, 6) is -1.28. The van der Waals surface area contributed by atoms with Gasteiger partial charge >= 0.3 is 5.97 Å². The molecule has 21 heavy (non-hydrogen) atoms. The van der Waals surface area contributed by atoms with Crippen molar-refractivity contribution in [3.63, 3.8) is 0 Å². The van der Waals surface area contributed by atoms with Gasteiger partial charge in [-0.15, -0.1) is 0 Å². The number of aromatic nitrogens is 1. The third kappa shape index (κ3) is 3.89. The number of aromatic carboxylic acids is 1. The Kier molecular flexibility index (Phi) is 4.33. The highest BCUT2D eigenvalue weighted by molar-refractivity contribution is 5.94. The van der Waals surface area contributed by atoms with Crippen LogP contribution in [0.1, 0.15) is 27.0 Å². The molecule has 5 nitrogen and oxygen atoms in total. The average Bonchev–Trinajstić information content (AvgIpc) is 2.43. The molecule has 0 radical (unpaired) electrons. The normalized spacial score (nSPS) is 10.2. The van der Waals surface area contributed by atoms with E-state index in [4.69, 9.17) is 5.11 Å². The van der Waals surface area contributed by atoms with Gasteiger partial charge in [0.05, 0.1) is 23.9 Å². The first-order valence-corrected chi connectivity index (χ1v) is 6.50. The van der Waals surface area contributed by atoms with Gasteiger partial charge in [0, 0.05) is 6.20 Å². The van der Waals surface area contributed by atoms with E-state index in [0.717, 1.165) is 11.1 Å². The SMILES string of the molecule is Cc1ccc(CC(=O)Nc2cncc(C(=O)O)c2)cc1C. The van der Waals surface area contributed by atoms with Gasteiger partial charge in [0.15, 0.2) is 0 Å². The maximum Gasteiger partial charge on any atom is 0.337 e. The summed E-state index contributed by atoms with van der Waals surface area (Å²) in [4.78, 5) is 26.6. The van der Waals surface area contributed by atoms with Crippen LogP contribution in [0.4, 0.5) is 5.69 Å². The van der Waals surface area contributed by atoms with Crippen LogP contribution in [0.5, 0.6) is 0 Å². The van der Waals surface area contributed by atoms with Crippen molar-refractivity contribution in [1.82, 2.24) is 4.98 Å². The number of carbonyl (C=O) groups excluding carboxylic acids is 1. The lowest BCUT2D eigenvalue weighted by molar-refractivity contribution is -0.115. The number of amides is 1. The van der Waals surface area contributed by atoms with Crippen LogP contribution >= 0.6 is 0 Å². The van der Waals surface area contributed by atoms with Crippen molar-refractivity contribution in [2.75, 3.05) is 5.32 Å². The van der Waals surface area contributed by atoms with Crippen molar-refractivity contribution < 1.29 is 14.7 Å². The van der Waals surface area contributed by atoms with E-state index in [1.54, 1.807) is 0 Å². The number of hydrogen-bond donors (Lipinski definition) is 2. The fraction of sp³-hybridized carbons (Fsp3) is 0.188. The molecule has 2 N–H and O–H groups in total. The zero-order valence-corrected chi connectivity index (χ0v) is 11.9. The van der Waals surface area contributed by atoms with Gasteiger partial charge < -0.3 is 10.4 Å². The Labute approximate surface area is 122 Å². The fourth-order valence-corrected chi connectivity index (χ4v) is 1.93. The minimum absolute atomic E-state index is 0.0407. The number of carboxylic acid groups (broad SMARTS) is 1. The monoisotopic (exact) mass is 284 g/mol. The highest BCUT2D eigenvalue weighted by Gasteiger charge is 2.08. The average molecular weight is 284 g/mol. The lowest BCUT2D eigenvalue weighted by Gasteiger charge is -2.07. The second kappa shape index (κ2) is 6.17. The van der Waals surface area contributed by atoms with E-state index in [-0.39, 0.29) is 17.9 Å². The summed E-state index contributed by atoms with van der Waals surface area (Å²) in [6.45, 7) is 4.01. The fourth-order valence-electron chi connectivity index (χ4n) is 1.93. The molecule has 1 aromatic carbocycles. The minimum Gasteiger partial charge on any atom is -0.478 e. The van der Waals surface area contributed by atoms with Crippen LogP contribution in [0.3, 0.4) is 0 Å². The van der Waals surface area contributed by atoms with Crippen molar-refractivity contribution in [3.8, 4) is 0 Å². The molecule has 0 spiro atoms. The second-order valence-electron chi connectivity index (χ2n) is 4.91. The predicted octanol–water partition coefficient (Wildman–Crippen LogP) is 2.58. The maximum absolute atomic E-state index is 12.0. The first-order chi connectivity index (χ1) is 9.95. The molecule has 1 heterocycles. The number of nitrogens with one attached hydrogen (secondary N) is 1. The van der Waals surface area contributed by atoms with E-state index >= 15 is 0 Å². The Balaban J connectivity index is 2.06. The first kappa shape index (κ1) is 14.7. The highest BCUT2D eigenvalue weighted by atomic mass is 16.4. The smallest absolute Gasteiger partial charge is 0.337 e.